The Balaban J connectivity index is 0.00000831. The fraction of sp³-hybridized carbons (Fsp3) is 0.156. The van der Waals surface area contributed by atoms with Crippen molar-refractivity contribution in [3.63, 3.8) is 0 Å². The van der Waals surface area contributed by atoms with Crippen molar-refractivity contribution in [2.75, 3.05) is 0 Å². The van der Waals surface area contributed by atoms with Crippen LogP contribution in [0.5, 0.6) is 0 Å². The Bertz CT molecular complexity index is 7640. The van der Waals surface area contributed by atoms with Gasteiger partial charge in [0.05, 0.1) is 6.30 Å². The molecule has 0 aliphatic heterocycles. The fourth-order valence-electron chi connectivity index (χ4n) is 17.3. The summed E-state index contributed by atoms with van der Waals surface area (Å²) in [7, 11) is 0. The zero-order valence-corrected chi connectivity index (χ0v) is 80.9. The Labute approximate surface area is 860 Å². The van der Waals surface area contributed by atoms with Gasteiger partial charge in [0, 0.05) is 52.2 Å². The molecule has 666 valence electrons. The molecule has 0 atom stereocenters. The number of pyridine rings is 4. The van der Waals surface area contributed by atoms with E-state index in [4.69, 9.17) is 28.8 Å². The molecule has 0 spiro atoms. The molecular formula is C128H106Ir2N6. The number of aryl methyl sites for hydroxylation is 4. The number of hydrogen-bond donors (Lipinski definition) is 0. The van der Waals surface area contributed by atoms with E-state index < -0.39 is 76.6 Å². The quantitative estimate of drug-likeness (QED) is 0.0503. The molecule has 0 fully saturated rings. The number of benzene rings is 14. The van der Waals surface area contributed by atoms with E-state index in [9.17, 15) is 0 Å². The first kappa shape index (κ1) is 70.7. The first-order valence-corrected chi connectivity index (χ1v) is 45.0. The molecule has 0 bridgehead atoms. The maximum Gasteiger partial charge on any atom is 3.00 e. The second-order valence-corrected chi connectivity index (χ2v) is 34.7. The van der Waals surface area contributed by atoms with Crippen LogP contribution in [0.15, 0.2) is 353 Å². The summed E-state index contributed by atoms with van der Waals surface area (Å²) in [6.45, 7) is 3.15. The molecule has 0 aliphatic carbocycles. The molecule has 0 amide bonds. The van der Waals surface area contributed by atoms with Gasteiger partial charge in [0.1, 0.15) is 1.37 Å². The predicted octanol–water partition coefficient (Wildman–Crippen LogP) is 32.9. The summed E-state index contributed by atoms with van der Waals surface area (Å²) < 4.78 is 182. The SMILES string of the molecule is [2H]c1nc(-c2[c-]cc(-c3ccccc3-c3cc(-c4ccccc4-c4c[c-]c(-c5cc(C([2H])([2H])[2H])c(C([2H])([2H])C(C)C)cn5)cc4)cc(-c4ccccc4-c4c[c-]c(-c5cc(C([2H])([2H])[2H])c(C([2H])([2H])C(C)C)cn5)cc4)c3)cc2)cc(-c2[c-]cc(-c3ccccc3-c3cc(-c4ccccc4-c4c[c-]c(-c5cc(C([2H])([2H])[2H])c(C([2H])([2H])C(C)C)cn5)cc4)cc(-c4ccccc4-c4c[c-]c(-c5cc(C([2H])([2H])[2H])c(C([2H])([2H])C(C)C)cn5)cc4)c3)cc2)n1.[Ir+3].[Ir+3]. The molecular weight excluding hydrogens is 2010 g/mol. The minimum Gasteiger partial charge on any atom is -0.304 e. The Kier molecular flexibility index (Phi) is 21.8. The topological polar surface area (TPSA) is 77.3 Å². The van der Waals surface area contributed by atoms with Crippen molar-refractivity contribution in [1.82, 2.24) is 29.9 Å². The number of aromatic nitrogens is 6. The van der Waals surface area contributed by atoms with Crippen molar-refractivity contribution in [2.45, 2.75) is 108 Å². The standard InChI is InChI=1S/C128H106N6.2Ir/c1-81(2)61-107-76-129-123(65-85(107)9)95-49-37-89(38-50-95)111-25-13-19-31-117(111)101-69-102(118-32-20-14-26-112(118)90-39-51-96(52-40-90)124-66-86(10)108(77-130-124)62-82(3)4)72-105(71-101)121-35-23-17-29-115(121)93-45-57-99(58-46-93)127-75-128(134-80-133-127)100-59-47-94(48-60-100)116-30-18-24-36-122(116)106-73-103(119-33-21-15-27-113(119)91-41-53-97(54-42-91)125-67-87(11)109(78-131-125)63-83(5)6)70-104(74-106)120-34-22-16-28-114(120)92-43-55-98(56-44-92)126-68-88(12)110(79-132-126)64-84(7)8;;/h13-49,51,53,55,57,59,65-84H,61-64H2,1-12H3;;/q-6;2*+3/i9D3,10D3,11D3,12D3,61D2,62D2,63D2,64D2,80D;;. The van der Waals surface area contributed by atoms with Gasteiger partial charge >= 0.3 is 40.2 Å². The molecule has 0 N–H and O–H groups in total. The summed E-state index contributed by atoms with van der Waals surface area (Å²) in [5, 5.41) is 0. The van der Waals surface area contributed by atoms with Gasteiger partial charge in [-0.3, -0.25) is 9.97 Å². The van der Waals surface area contributed by atoms with Crippen molar-refractivity contribution < 1.29 is 69.0 Å². The van der Waals surface area contributed by atoms with Crippen LogP contribution in [0.4, 0.5) is 0 Å². The van der Waals surface area contributed by atoms with E-state index in [1.807, 2.05) is 212 Å². The van der Waals surface area contributed by atoms with Crippen LogP contribution in [0.3, 0.4) is 0 Å². The van der Waals surface area contributed by atoms with E-state index in [1.54, 1.807) is 55.4 Å². The molecule has 0 unspecified atom stereocenters. The van der Waals surface area contributed by atoms with Crippen molar-refractivity contribution in [3.05, 3.63) is 434 Å². The summed E-state index contributed by atoms with van der Waals surface area (Å²) in [6.07, 6.45) is -2.73. The fourth-order valence-corrected chi connectivity index (χ4v) is 17.3. The summed E-state index contributed by atoms with van der Waals surface area (Å²) in [6, 6.07) is 124. The van der Waals surface area contributed by atoms with E-state index in [0.29, 0.717) is 67.5 Å². The third-order valence-corrected chi connectivity index (χ3v) is 23.7. The van der Waals surface area contributed by atoms with Crippen LogP contribution in [-0.2, 0) is 65.7 Å². The van der Waals surface area contributed by atoms with Crippen molar-refractivity contribution in [1.29, 1.82) is 0 Å². The zero-order chi connectivity index (χ0) is 110. The van der Waals surface area contributed by atoms with Gasteiger partial charge in [-0.1, -0.05) is 320 Å². The summed E-state index contributed by atoms with van der Waals surface area (Å²) in [4.78, 5) is 27.9. The maximum atomic E-state index is 9.16. The molecule has 19 rings (SSSR count). The monoisotopic (exact) mass is 2130 g/mol. The molecule has 19 aromatic rings. The van der Waals surface area contributed by atoms with Gasteiger partial charge < -0.3 is 19.9 Å². The molecule has 6 nitrogen and oxygen atoms in total. The van der Waals surface area contributed by atoms with Crippen LogP contribution < -0.4 is 0 Å². The van der Waals surface area contributed by atoms with E-state index >= 15 is 0 Å². The maximum absolute atomic E-state index is 9.16. The van der Waals surface area contributed by atoms with Crippen molar-refractivity contribution in [3.8, 4) is 201 Å². The number of hydrogen-bond acceptors (Lipinski definition) is 6. The smallest absolute Gasteiger partial charge is 0.304 e. The van der Waals surface area contributed by atoms with Crippen molar-refractivity contribution in [2.24, 2.45) is 23.7 Å². The number of rotatable bonds is 26. The average Bonchev–Trinajstić information content (AvgIpc) is 0.792. The molecule has 5 heterocycles. The molecule has 5 aromatic heterocycles. The molecule has 0 saturated heterocycles. The van der Waals surface area contributed by atoms with Gasteiger partial charge in [0.2, 0.25) is 0 Å². The Morgan fingerprint density at radius 3 is 0.544 bits per heavy atom. The average molecular weight is 2130 g/mol. The van der Waals surface area contributed by atoms with Crippen LogP contribution in [0.2, 0.25) is 0 Å². The van der Waals surface area contributed by atoms with E-state index in [2.05, 4.69) is 151 Å². The molecule has 136 heavy (non-hydrogen) atoms. The predicted molar refractivity (Wildman–Crippen MR) is 557 cm³/mol. The third kappa shape index (κ3) is 20.8. The van der Waals surface area contributed by atoms with Gasteiger partial charge in [0.15, 0.2) is 0 Å². The largest absolute Gasteiger partial charge is 3.00 e. The van der Waals surface area contributed by atoms with E-state index in [1.165, 1.54) is 49.1 Å². The minimum atomic E-state index is -2.63. The minimum absolute atomic E-state index is 0. The second-order valence-electron chi connectivity index (χ2n) is 34.7. The van der Waals surface area contributed by atoms with Gasteiger partial charge in [-0.05, 0) is 236 Å². The first-order valence-electron chi connectivity index (χ1n) is 55.5. The molecule has 0 aliphatic rings. The van der Waals surface area contributed by atoms with Gasteiger partial charge in [0.25, 0.3) is 0 Å². The molecule has 0 saturated carbocycles. The summed E-state index contributed by atoms with van der Waals surface area (Å²) >= 11 is 0. The van der Waals surface area contributed by atoms with Gasteiger partial charge in [-0.2, -0.15) is 0 Å². The van der Waals surface area contributed by atoms with Crippen LogP contribution in [0.25, 0.3) is 201 Å². The Morgan fingerprint density at radius 1 is 0.221 bits per heavy atom. The second kappa shape index (κ2) is 41.9. The molecule has 8 heteroatoms. The van der Waals surface area contributed by atoms with Crippen LogP contribution in [0.1, 0.15) is 129 Å². The van der Waals surface area contributed by atoms with E-state index in [0.717, 1.165) is 134 Å². The zero-order valence-electron chi connectivity index (χ0n) is 97.1. The van der Waals surface area contributed by atoms with Gasteiger partial charge in [-0.25, -0.2) is 0 Å². The third-order valence-electron chi connectivity index (χ3n) is 23.7. The summed E-state index contributed by atoms with van der Waals surface area (Å²) in [5.41, 5.74) is 25.8. The molecule has 0 radical (unpaired) electrons. The van der Waals surface area contributed by atoms with Gasteiger partial charge in [-0.15, -0.1) is 179 Å². The first-order chi connectivity index (χ1) is 73.6. The Morgan fingerprint density at radius 2 is 0.390 bits per heavy atom. The molecule has 14 aromatic carbocycles. The normalized spacial score (nSPS) is 14.4. The number of nitrogens with zero attached hydrogens (tertiary/aromatic N) is 6. The van der Waals surface area contributed by atoms with Crippen LogP contribution in [0, 0.1) is 87.5 Å². The van der Waals surface area contributed by atoms with Crippen molar-refractivity contribution >= 4 is 0 Å². The summed E-state index contributed by atoms with van der Waals surface area (Å²) in [5.74, 6) is -2.11. The Hall–Kier alpha value is -13.9. The van der Waals surface area contributed by atoms with Crippen LogP contribution in [-0.4, -0.2) is 29.9 Å². The van der Waals surface area contributed by atoms with E-state index in [-0.39, 0.29) is 91.0 Å². The van der Waals surface area contributed by atoms with Crippen LogP contribution >= 0.6 is 0 Å².